The van der Waals surface area contributed by atoms with Crippen molar-refractivity contribution >= 4 is 11.8 Å². The highest BCUT2D eigenvalue weighted by atomic mass is 19.1. The van der Waals surface area contributed by atoms with Crippen molar-refractivity contribution < 1.29 is 19.0 Å². The zero-order valence-corrected chi connectivity index (χ0v) is 8.29. The molecule has 4 nitrogen and oxygen atoms in total. The highest BCUT2D eigenvalue weighted by Crippen LogP contribution is 2.13. The molecule has 0 aromatic heterocycles. The molecule has 0 fully saturated rings. The number of carbonyl (C=O) groups is 1. The fourth-order valence-electron chi connectivity index (χ4n) is 1.10. The molecule has 15 heavy (non-hydrogen) atoms. The van der Waals surface area contributed by atoms with E-state index in [0.29, 0.717) is 11.3 Å². The summed E-state index contributed by atoms with van der Waals surface area (Å²) in [6.07, 6.45) is -0.714. The summed E-state index contributed by atoms with van der Waals surface area (Å²) in [5.41, 5.74) is 1.03. The van der Waals surface area contributed by atoms with Crippen LogP contribution in [0, 0.1) is 12.7 Å². The van der Waals surface area contributed by atoms with E-state index in [4.69, 9.17) is 5.11 Å². The molecule has 1 amide bonds. The summed E-state index contributed by atoms with van der Waals surface area (Å²) in [5, 5.41) is 10.8. The number of aliphatic hydroxyl groups is 1. The Balaban J connectivity index is 2.60. The van der Waals surface area contributed by atoms with Gasteiger partial charge in [0.1, 0.15) is 12.4 Å². The summed E-state index contributed by atoms with van der Waals surface area (Å²) in [5.74, 6) is -0.424. The first-order chi connectivity index (χ1) is 7.11. The van der Waals surface area contributed by atoms with Crippen LogP contribution in [0.2, 0.25) is 0 Å². The van der Waals surface area contributed by atoms with Gasteiger partial charge in [0.05, 0.1) is 6.61 Å². The predicted octanol–water partition coefficient (Wildman–Crippen LogP) is 1.67. The van der Waals surface area contributed by atoms with E-state index >= 15 is 0 Å². The molecule has 0 unspecified atom stereocenters. The molecule has 5 heteroatoms. The second-order valence-corrected chi connectivity index (χ2v) is 3.00. The number of benzene rings is 1. The molecule has 0 aliphatic rings. The van der Waals surface area contributed by atoms with Crippen LogP contribution in [0.4, 0.5) is 14.9 Å². The molecule has 1 aromatic carbocycles. The van der Waals surface area contributed by atoms with Crippen LogP contribution < -0.4 is 5.32 Å². The van der Waals surface area contributed by atoms with E-state index in [9.17, 15) is 9.18 Å². The number of carbonyl (C=O) groups excluding carboxylic acids is 1. The lowest BCUT2D eigenvalue weighted by atomic mass is 10.2. The number of ether oxygens (including phenoxy) is 1. The van der Waals surface area contributed by atoms with E-state index in [1.54, 1.807) is 13.0 Å². The van der Waals surface area contributed by atoms with Gasteiger partial charge in [-0.1, -0.05) is 0 Å². The Labute approximate surface area is 86.7 Å². The van der Waals surface area contributed by atoms with Crippen LogP contribution in [-0.2, 0) is 4.74 Å². The number of aliphatic hydroxyl groups excluding tert-OH is 1. The topological polar surface area (TPSA) is 58.6 Å². The maximum absolute atomic E-state index is 12.9. The lowest BCUT2D eigenvalue weighted by Crippen LogP contribution is -2.15. The first-order valence-corrected chi connectivity index (χ1v) is 4.43. The standard InChI is InChI=1S/C10H12FNO3/c1-7-4-8(11)6-9(5-7)12-10(14)15-3-2-13/h4-6,13H,2-3H2,1H3,(H,12,14). The average Bonchev–Trinajstić information content (AvgIpc) is 2.13. The van der Waals surface area contributed by atoms with Crippen LogP contribution in [0.1, 0.15) is 5.56 Å². The first kappa shape index (κ1) is 11.5. The maximum Gasteiger partial charge on any atom is 0.411 e. The summed E-state index contributed by atoms with van der Waals surface area (Å²) in [7, 11) is 0. The lowest BCUT2D eigenvalue weighted by Gasteiger charge is -2.06. The third-order valence-corrected chi connectivity index (χ3v) is 1.61. The Kier molecular flexibility index (Phi) is 4.05. The molecule has 1 rings (SSSR count). The van der Waals surface area contributed by atoms with E-state index in [0.717, 1.165) is 0 Å². The Bertz CT molecular complexity index is 334. The van der Waals surface area contributed by atoms with Crippen LogP contribution in [0.3, 0.4) is 0 Å². The molecule has 0 radical (unpaired) electrons. The molecule has 0 spiro atoms. The van der Waals surface area contributed by atoms with Gasteiger partial charge >= 0.3 is 6.09 Å². The molecule has 0 aliphatic heterocycles. The average molecular weight is 213 g/mol. The van der Waals surface area contributed by atoms with Gasteiger partial charge in [-0.2, -0.15) is 0 Å². The molecule has 0 saturated carbocycles. The normalized spacial score (nSPS) is 9.80. The van der Waals surface area contributed by atoms with Gasteiger partial charge in [-0.3, -0.25) is 5.32 Å². The minimum Gasteiger partial charge on any atom is -0.447 e. The predicted molar refractivity (Wildman–Crippen MR) is 53.2 cm³/mol. The van der Waals surface area contributed by atoms with Gasteiger partial charge in [-0.05, 0) is 30.7 Å². The molecule has 0 saturated heterocycles. The van der Waals surface area contributed by atoms with Crippen molar-refractivity contribution in [2.45, 2.75) is 6.92 Å². The number of anilines is 1. The SMILES string of the molecule is Cc1cc(F)cc(NC(=O)OCCO)c1. The van der Waals surface area contributed by atoms with Crippen molar-refractivity contribution in [2.24, 2.45) is 0 Å². The lowest BCUT2D eigenvalue weighted by molar-refractivity contribution is 0.131. The van der Waals surface area contributed by atoms with E-state index < -0.39 is 11.9 Å². The molecule has 0 heterocycles. The number of hydrogen-bond donors (Lipinski definition) is 2. The summed E-state index contributed by atoms with van der Waals surface area (Å²) in [6, 6.07) is 4.15. The number of aryl methyl sites for hydroxylation is 1. The highest BCUT2D eigenvalue weighted by Gasteiger charge is 2.04. The molecule has 82 valence electrons. The van der Waals surface area contributed by atoms with Crippen LogP contribution in [0.15, 0.2) is 18.2 Å². The summed E-state index contributed by atoms with van der Waals surface area (Å²) in [6.45, 7) is 1.39. The quantitative estimate of drug-likeness (QED) is 0.803. The van der Waals surface area contributed by atoms with Gasteiger partial charge in [0.25, 0.3) is 0 Å². The Hall–Kier alpha value is -1.62. The highest BCUT2D eigenvalue weighted by molar-refractivity contribution is 5.84. The van der Waals surface area contributed by atoms with Crippen molar-refractivity contribution in [3.63, 3.8) is 0 Å². The summed E-state index contributed by atoms with van der Waals surface area (Å²) < 4.78 is 17.5. The Morgan fingerprint density at radius 1 is 1.53 bits per heavy atom. The molecular formula is C10H12FNO3. The molecule has 0 aliphatic carbocycles. The molecule has 1 aromatic rings. The van der Waals surface area contributed by atoms with Crippen molar-refractivity contribution in [3.05, 3.63) is 29.6 Å². The molecule has 2 N–H and O–H groups in total. The molecule has 0 atom stereocenters. The third-order valence-electron chi connectivity index (χ3n) is 1.61. The van der Waals surface area contributed by atoms with E-state index in [1.807, 2.05) is 0 Å². The Morgan fingerprint density at radius 2 is 2.27 bits per heavy atom. The minimum absolute atomic E-state index is 0.0832. The van der Waals surface area contributed by atoms with Gasteiger partial charge in [-0.15, -0.1) is 0 Å². The van der Waals surface area contributed by atoms with Crippen molar-refractivity contribution in [1.29, 1.82) is 0 Å². The van der Waals surface area contributed by atoms with E-state index in [2.05, 4.69) is 10.1 Å². The molecular weight excluding hydrogens is 201 g/mol. The van der Waals surface area contributed by atoms with Crippen molar-refractivity contribution in [1.82, 2.24) is 0 Å². The van der Waals surface area contributed by atoms with Crippen LogP contribution in [-0.4, -0.2) is 24.4 Å². The third kappa shape index (κ3) is 3.95. The molecule has 0 bridgehead atoms. The number of rotatable bonds is 3. The monoisotopic (exact) mass is 213 g/mol. The first-order valence-electron chi connectivity index (χ1n) is 4.43. The van der Waals surface area contributed by atoms with Gasteiger partial charge in [0, 0.05) is 5.69 Å². The maximum atomic E-state index is 12.9. The number of amides is 1. The van der Waals surface area contributed by atoms with Crippen molar-refractivity contribution in [2.75, 3.05) is 18.5 Å². The largest absolute Gasteiger partial charge is 0.447 e. The second-order valence-electron chi connectivity index (χ2n) is 3.00. The zero-order chi connectivity index (χ0) is 11.3. The second kappa shape index (κ2) is 5.31. The summed E-state index contributed by atoms with van der Waals surface area (Å²) in [4.78, 5) is 11.0. The smallest absolute Gasteiger partial charge is 0.411 e. The van der Waals surface area contributed by atoms with Gasteiger partial charge in [0.15, 0.2) is 0 Å². The number of hydrogen-bond acceptors (Lipinski definition) is 3. The van der Waals surface area contributed by atoms with Crippen LogP contribution in [0.25, 0.3) is 0 Å². The Morgan fingerprint density at radius 3 is 2.87 bits per heavy atom. The van der Waals surface area contributed by atoms with Gasteiger partial charge in [-0.25, -0.2) is 9.18 Å². The van der Waals surface area contributed by atoms with E-state index in [1.165, 1.54) is 12.1 Å². The zero-order valence-electron chi connectivity index (χ0n) is 8.29. The number of nitrogens with one attached hydrogen (secondary N) is 1. The van der Waals surface area contributed by atoms with Gasteiger partial charge < -0.3 is 9.84 Å². The summed E-state index contributed by atoms with van der Waals surface area (Å²) >= 11 is 0. The number of halogens is 1. The van der Waals surface area contributed by atoms with Crippen molar-refractivity contribution in [3.8, 4) is 0 Å². The van der Waals surface area contributed by atoms with E-state index in [-0.39, 0.29) is 13.2 Å². The fraction of sp³-hybridized carbons (Fsp3) is 0.300. The van der Waals surface area contributed by atoms with Crippen LogP contribution >= 0.6 is 0 Å². The van der Waals surface area contributed by atoms with Gasteiger partial charge in [0.2, 0.25) is 0 Å². The van der Waals surface area contributed by atoms with Crippen LogP contribution in [0.5, 0.6) is 0 Å². The minimum atomic E-state index is -0.714. The fourth-order valence-corrected chi connectivity index (χ4v) is 1.10.